The van der Waals surface area contributed by atoms with Gasteiger partial charge >= 0.3 is 5.97 Å². The Morgan fingerprint density at radius 3 is 1.52 bits per heavy atom. The smallest absolute Gasteiger partial charge is 0.335 e. The van der Waals surface area contributed by atoms with Crippen LogP contribution >= 0.6 is 46.4 Å². The van der Waals surface area contributed by atoms with Crippen molar-refractivity contribution in [2.45, 2.75) is 0 Å². The number of carbonyl (C=O) groups is 1. The third-order valence-electron chi connectivity index (χ3n) is 3.50. The molecule has 0 amide bonds. The molecule has 0 bridgehead atoms. The van der Waals surface area contributed by atoms with Gasteiger partial charge in [-0.1, -0.05) is 58.5 Å². The second kappa shape index (κ2) is 7.22. The van der Waals surface area contributed by atoms with E-state index in [0.717, 1.165) is 0 Å². The van der Waals surface area contributed by atoms with Gasteiger partial charge in [0, 0.05) is 11.1 Å². The van der Waals surface area contributed by atoms with Crippen LogP contribution in [0, 0.1) is 0 Å². The van der Waals surface area contributed by atoms with Crippen LogP contribution in [0.4, 0.5) is 0 Å². The summed E-state index contributed by atoms with van der Waals surface area (Å²) in [7, 11) is 0. The molecule has 0 saturated carbocycles. The number of aromatic nitrogens is 1. The van der Waals surface area contributed by atoms with Gasteiger partial charge in [0.2, 0.25) is 0 Å². The minimum absolute atomic E-state index is 0.0946. The number of benzene rings is 2. The highest BCUT2D eigenvalue weighted by Crippen LogP contribution is 2.32. The minimum Gasteiger partial charge on any atom is -0.478 e. The van der Waals surface area contributed by atoms with Crippen molar-refractivity contribution in [2.75, 3.05) is 0 Å². The van der Waals surface area contributed by atoms with E-state index in [-0.39, 0.29) is 5.56 Å². The van der Waals surface area contributed by atoms with Crippen LogP contribution in [0.25, 0.3) is 22.5 Å². The fourth-order valence-corrected chi connectivity index (χ4v) is 2.86. The third-order valence-corrected chi connectivity index (χ3v) is 4.98. The summed E-state index contributed by atoms with van der Waals surface area (Å²) in [6.07, 6.45) is 0. The van der Waals surface area contributed by atoms with Gasteiger partial charge in [-0.25, -0.2) is 9.78 Å². The van der Waals surface area contributed by atoms with E-state index < -0.39 is 5.97 Å². The normalized spacial score (nSPS) is 10.7. The molecule has 0 aliphatic heterocycles. The molecule has 1 aromatic heterocycles. The number of nitrogens with zero attached hydrogens (tertiary/aromatic N) is 1. The van der Waals surface area contributed by atoms with E-state index in [1.807, 2.05) is 0 Å². The van der Waals surface area contributed by atoms with Gasteiger partial charge in [-0.15, -0.1) is 0 Å². The average molecular weight is 413 g/mol. The Morgan fingerprint density at radius 2 is 1.16 bits per heavy atom. The zero-order valence-corrected chi connectivity index (χ0v) is 15.5. The molecule has 25 heavy (non-hydrogen) atoms. The van der Waals surface area contributed by atoms with Crippen LogP contribution in [-0.2, 0) is 0 Å². The standard InChI is InChI=1S/C18H9Cl4NO2/c19-12-3-1-9(5-14(12)21)16-7-11(18(24)25)8-17(23-16)10-2-4-13(20)15(22)6-10/h1-8H,(H,24,25). The van der Waals surface area contributed by atoms with E-state index in [9.17, 15) is 9.90 Å². The Morgan fingerprint density at radius 1 is 0.720 bits per heavy atom. The fourth-order valence-electron chi connectivity index (χ4n) is 2.26. The molecule has 0 aliphatic rings. The van der Waals surface area contributed by atoms with Crippen molar-refractivity contribution in [3.8, 4) is 22.5 Å². The van der Waals surface area contributed by atoms with Crippen molar-refractivity contribution in [1.29, 1.82) is 0 Å². The van der Waals surface area contributed by atoms with Crippen molar-refractivity contribution in [3.05, 3.63) is 74.2 Å². The average Bonchev–Trinajstić information content (AvgIpc) is 2.59. The van der Waals surface area contributed by atoms with E-state index in [0.29, 0.717) is 42.6 Å². The lowest BCUT2D eigenvalue weighted by molar-refractivity contribution is 0.0697. The molecule has 7 heteroatoms. The molecule has 0 unspecified atom stereocenters. The molecule has 0 aliphatic carbocycles. The summed E-state index contributed by atoms with van der Waals surface area (Å²) in [6.45, 7) is 0. The Balaban J connectivity index is 2.19. The predicted octanol–water partition coefficient (Wildman–Crippen LogP) is 6.73. The summed E-state index contributed by atoms with van der Waals surface area (Å²) < 4.78 is 0. The Bertz CT molecular complexity index is 919. The van der Waals surface area contributed by atoms with Crippen LogP contribution in [0.5, 0.6) is 0 Å². The van der Waals surface area contributed by atoms with Crippen LogP contribution < -0.4 is 0 Å². The van der Waals surface area contributed by atoms with Crippen LogP contribution in [-0.4, -0.2) is 16.1 Å². The molecule has 3 nitrogen and oxygen atoms in total. The number of carboxylic acids is 1. The zero-order chi connectivity index (χ0) is 18.1. The maximum absolute atomic E-state index is 11.5. The van der Waals surface area contributed by atoms with E-state index in [1.165, 1.54) is 12.1 Å². The lowest BCUT2D eigenvalue weighted by atomic mass is 10.0. The summed E-state index contributed by atoms with van der Waals surface area (Å²) in [5, 5.41) is 10.9. The number of carboxylic acid groups (broad SMARTS) is 1. The molecule has 0 fully saturated rings. The van der Waals surface area contributed by atoms with Crippen molar-refractivity contribution < 1.29 is 9.90 Å². The first-order chi connectivity index (χ1) is 11.8. The Hall–Kier alpha value is -1.78. The number of aromatic carboxylic acids is 1. The van der Waals surface area contributed by atoms with Crippen molar-refractivity contribution in [2.24, 2.45) is 0 Å². The fraction of sp³-hybridized carbons (Fsp3) is 0. The topological polar surface area (TPSA) is 50.2 Å². The summed E-state index contributed by atoms with van der Waals surface area (Å²) in [5.41, 5.74) is 2.31. The first kappa shape index (κ1) is 18.0. The maximum Gasteiger partial charge on any atom is 0.335 e. The second-order valence-corrected chi connectivity index (χ2v) is 6.82. The highest BCUT2D eigenvalue weighted by atomic mass is 35.5. The third kappa shape index (κ3) is 3.91. The second-order valence-electron chi connectivity index (χ2n) is 5.19. The van der Waals surface area contributed by atoms with Gasteiger partial charge in [0.1, 0.15) is 0 Å². The van der Waals surface area contributed by atoms with Crippen LogP contribution in [0.1, 0.15) is 10.4 Å². The molecule has 3 aromatic rings. The minimum atomic E-state index is -1.06. The number of rotatable bonds is 3. The highest BCUT2D eigenvalue weighted by molar-refractivity contribution is 6.42. The monoisotopic (exact) mass is 411 g/mol. The number of hydrogen-bond acceptors (Lipinski definition) is 2. The van der Waals surface area contributed by atoms with Gasteiger partial charge in [0.05, 0.1) is 37.0 Å². The maximum atomic E-state index is 11.5. The first-order valence-electron chi connectivity index (χ1n) is 7.01. The van der Waals surface area contributed by atoms with Crippen molar-refractivity contribution >= 4 is 52.4 Å². The van der Waals surface area contributed by atoms with Gasteiger partial charge in [-0.05, 0) is 36.4 Å². The SMILES string of the molecule is O=C(O)c1cc(-c2ccc(Cl)c(Cl)c2)nc(-c2ccc(Cl)c(Cl)c2)c1. The Kier molecular flexibility index (Phi) is 5.21. The molecule has 126 valence electrons. The lowest BCUT2D eigenvalue weighted by Gasteiger charge is -2.09. The van der Waals surface area contributed by atoms with Gasteiger partial charge in [-0.3, -0.25) is 0 Å². The summed E-state index contributed by atoms with van der Waals surface area (Å²) in [4.78, 5) is 16.0. The molecule has 0 spiro atoms. The molecule has 1 N–H and O–H groups in total. The summed E-state index contributed by atoms with van der Waals surface area (Å²) in [6, 6.07) is 12.9. The number of hydrogen-bond donors (Lipinski definition) is 1. The molecule has 3 rings (SSSR count). The highest BCUT2D eigenvalue weighted by Gasteiger charge is 2.13. The van der Waals surface area contributed by atoms with E-state index in [1.54, 1.807) is 36.4 Å². The zero-order valence-electron chi connectivity index (χ0n) is 12.4. The molecule has 0 atom stereocenters. The summed E-state index contributed by atoms with van der Waals surface area (Å²) in [5.74, 6) is -1.06. The van der Waals surface area contributed by atoms with Crippen LogP contribution in [0.3, 0.4) is 0 Å². The predicted molar refractivity (Wildman–Crippen MR) is 102 cm³/mol. The number of halogens is 4. The van der Waals surface area contributed by atoms with Gasteiger partial charge in [0.25, 0.3) is 0 Å². The van der Waals surface area contributed by atoms with Crippen LogP contribution in [0.2, 0.25) is 20.1 Å². The first-order valence-corrected chi connectivity index (χ1v) is 8.52. The molecule has 0 radical (unpaired) electrons. The molecular weight excluding hydrogens is 404 g/mol. The van der Waals surface area contributed by atoms with Gasteiger partial charge < -0.3 is 5.11 Å². The molecule has 2 aromatic carbocycles. The Labute approximate surface area is 163 Å². The van der Waals surface area contributed by atoms with E-state index >= 15 is 0 Å². The van der Waals surface area contributed by atoms with E-state index in [4.69, 9.17) is 46.4 Å². The molecule has 1 heterocycles. The quantitative estimate of drug-likeness (QED) is 0.518. The lowest BCUT2D eigenvalue weighted by Crippen LogP contribution is -2.00. The number of pyridine rings is 1. The van der Waals surface area contributed by atoms with E-state index in [2.05, 4.69) is 4.98 Å². The largest absolute Gasteiger partial charge is 0.478 e. The molecular formula is C18H9Cl4NO2. The van der Waals surface area contributed by atoms with Crippen molar-refractivity contribution in [1.82, 2.24) is 4.98 Å². The van der Waals surface area contributed by atoms with Gasteiger partial charge in [0.15, 0.2) is 0 Å². The van der Waals surface area contributed by atoms with Gasteiger partial charge in [-0.2, -0.15) is 0 Å². The molecule has 0 saturated heterocycles. The van der Waals surface area contributed by atoms with Crippen LogP contribution in [0.15, 0.2) is 48.5 Å². The summed E-state index contributed by atoms with van der Waals surface area (Å²) >= 11 is 24.0. The van der Waals surface area contributed by atoms with Crippen molar-refractivity contribution in [3.63, 3.8) is 0 Å².